The molecule has 10 nitrogen and oxygen atoms in total. The number of hydrogen-bond acceptors (Lipinski definition) is 9. The third-order valence-electron chi connectivity index (χ3n) is 4.86. The maximum atomic E-state index is 12.3. The molecule has 0 aromatic heterocycles. The fraction of sp³-hybridized carbons (Fsp3) is 0.870. The lowest BCUT2D eigenvalue weighted by molar-refractivity contribution is -0.157. The molecular weight excluding hydrogens is 428 g/mol. The smallest absolute Gasteiger partial charge is 0.320 e. The van der Waals surface area contributed by atoms with Crippen molar-refractivity contribution in [2.75, 3.05) is 72.0 Å². The lowest BCUT2D eigenvalue weighted by atomic mass is 10.2. The summed E-state index contributed by atoms with van der Waals surface area (Å²) in [5, 5.41) is 12.5. The van der Waals surface area contributed by atoms with Crippen LogP contribution in [0.15, 0.2) is 0 Å². The molecule has 1 saturated heterocycles. The number of hydrogen-bond donors (Lipinski definition) is 2. The Morgan fingerprint density at radius 1 is 0.727 bits per heavy atom. The van der Waals surface area contributed by atoms with Crippen LogP contribution < -0.4 is 5.32 Å². The van der Waals surface area contributed by atoms with E-state index in [9.17, 15) is 14.4 Å². The summed E-state index contributed by atoms with van der Waals surface area (Å²) in [5.41, 5.74) is -1.07. The van der Waals surface area contributed by atoms with E-state index in [1.807, 2.05) is 51.3 Å². The Labute approximate surface area is 198 Å². The van der Waals surface area contributed by atoms with Crippen LogP contribution >= 0.6 is 0 Å². The first-order valence-electron chi connectivity index (χ1n) is 11.8. The summed E-state index contributed by atoms with van der Waals surface area (Å²) in [7, 11) is 0. The Kier molecular flexibility index (Phi) is 12.3. The first kappa shape index (κ1) is 29.3. The molecule has 0 saturated carbocycles. The van der Waals surface area contributed by atoms with E-state index in [4.69, 9.17) is 14.6 Å². The second-order valence-electron chi connectivity index (χ2n) is 10.5. The van der Waals surface area contributed by atoms with Crippen LogP contribution in [0, 0.1) is 0 Å². The van der Waals surface area contributed by atoms with Gasteiger partial charge in [-0.05, 0) is 41.5 Å². The molecule has 0 radical (unpaired) electrons. The lowest BCUT2D eigenvalue weighted by Crippen LogP contribution is -2.47. The third-order valence-corrected chi connectivity index (χ3v) is 4.86. The van der Waals surface area contributed by atoms with Crippen molar-refractivity contribution in [2.45, 2.75) is 59.2 Å². The minimum Gasteiger partial charge on any atom is -0.481 e. The van der Waals surface area contributed by atoms with E-state index < -0.39 is 17.2 Å². The zero-order valence-electron chi connectivity index (χ0n) is 21.3. The van der Waals surface area contributed by atoms with E-state index in [0.29, 0.717) is 58.9 Å². The highest BCUT2D eigenvalue weighted by atomic mass is 16.6. The molecule has 0 atom stereocenters. The predicted octanol–water partition coefficient (Wildman–Crippen LogP) is 0.654. The summed E-state index contributed by atoms with van der Waals surface area (Å²) >= 11 is 0. The monoisotopic (exact) mass is 472 g/mol. The quantitative estimate of drug-likeness (QED) is 0.512. The zero-order valence-corrected chi connectivity index (χ0v) is 21.3. The summed E-state index contributed by atoms with van der Waals surface area (Å²) in [4.78, 5) is 41.9. The van der Waals surface area contributed by atoms with Crippen molar-refractivity contribution in [3.05, 3.63) is 0 Å². The molecule has 0 bridgehead atoms. The van der Waals surface area contributed by atoms with Gasteiger partial charge in [0, 0.05) is 58.9 Å². The maximum Gasteiger partial charge on any atom is 0.320 e. The Balaban J connectivity index is 2.77. The van der Waals surface area contributed by atoms with E-state index in [0.717, 1.165) is 0 Å². The Morgan fingerprint density at radius 2 is 1.12 bits per heavy atom. The number of nitrogens with one attached hydrogen (secondary N) is 1. The van der Waals surface area contributed by atoms with Gasteiger partial charge in [-0.15, -0.1) is 0 Å². The number of aliphatic carboxylic acids is 1. The molecule has 0 unspecified atom stereocenters. The fourth-order valence-electron chi connectivity index (χ4n) is 3.41. The van der Waals surface area contributed by atoms with Crippen LogP contribution in [0.5, 0.6) is 0 Å². The molecule has 0 amide bonds. The first-order valence-corrected chi connectivity index (χ1v) is 11.8. The van der Waals surface area contributed by atoms with Crippen LogP contribution in [0.4, 0.5) is 0 Å². The van der Waals surface area contributed by atoms with Gasteiger partial charge >= 0.3 is 17.9 Å². The van der Waals surface area contributed by atoms with Gasteiger partial charge in [-0.25, -0.2) is 0 Å². The second kappa shape index (κ2) is 13.8. The van der Waals surface area contributed by atoms with Crippen molar-refractivity contribution in [3.8, 4) is 0 Å². The van der Waals surface area contributed by atoms with E-state index >= 15 is 0 Å². The van der Waals surface area contributed by atoms with Crippen LogP contribution in [-0.4, -0.2) is 121 Å². The molecule has 1 fully saturated rings. The molecule has 1 heterocycles. The van der Waals surface area contributed by atoms with Gasteiger partial charge in [0.2, 0.25) is 0 Å². The van der Waals surface area contributed by atoms with E-state index in [1.165, 1.54) is 0 Å². The average Bonchev–Trinajstić information content (AvgIpc) is 2.61. The van der Waals surface area contributed by atoms with Crippen molar-refractivity contribution in [3.63, 3.8) is 0 Å². The highest BCUT2D eigenvalue weighted by molar-refractivity contribution is 5.72. The van der Waals surface area contributed by atoms with Crippen LogP contribution in [0.3, 0.4) is 0 Å². The molecule has 1 aliphatic heterocycles. The Bertz CT molecular complexity index is 585. The molecule has 192 valence electrons. The predicted molar refractivity (Wildman–Crippen MR) is 126 cm³/mol. The zero-order chi connectivity index (χ0) is 25.1. The molecule has 33 heavy (non-hydrogen) atoms. The number of carboxylic acids is 1. The highest BCUT2D eigenvalue weighted by Crippen LogP contribution is 2.09. The molecule has 10 heteroatoms. The standard InChI is InChI=1S/C23H44N4O6/c1-22(2,3)32-20(30)17-26-11-8-24-9-12-27(18-21(31)33-23(4,5)6)16-14-25(13-15-26)10-7-19(28)29/h24H,7-18H2,1-6H3,(H,28,29). The number of carbonyl (C=O) groups is 3. The number of carbonyl (C=O) groups excluding carboxylic acids is 2. The van der Waals surface area contributed by atoms with Gasteiger partial charge in [0.25, 0.3) is 0 Å². The van der Waals surface area contributed by atoms with Crippen molar-refractivity contribution in [1.29, 1.82) is 0 Å². The normalized spacial score (nSPS) is 18.7. The number of rotatable bonds is 7. The maximum absolute atomic E-state index is 12.3. The summed E-state index contributed by atoms with van der Waals surface area (Å²) < 4.78 is 10.9. The van der Waals surface area contributed by atoms with Gasteiger partial charge < -0.3 is 24.8 Å². The number of carboxylic acid groups (broad SMARTS) is 1. The first-order chi connectivity index (χ1) is 15.2. The summed E-state index contributed by atoms with van der Waals surface area (Å²) in [5.74, 6) is -1.38. The van der Waals surface area contributed by atoms with Crippen LogP contribution in [0.2, 0.25) is 0 Å². The molecule has 0 aromatic carbocycles. The van der Waals surface area contributed by atoms with Crippen molar-refractivity contribution < 1.29 is 29.0 Å². The highest BCUT2D eigenvalue weighted by Gasteiger charge is 2.22. The van der Waals surface area contributed by atoms with Gasteiger partial charge in [-0.3, -0.25) is 24.2 Å². The SMILES string of the molecule is CC(C)(C)OC(=O)CN1CCNCCN(CC(=O)OC(C)(C)C)CCN(CCC(=O)O)CC1. The van der Waals surface area contributed by atoms with Crippen LogP contribution in [0.1, 0.15) is 48.0 Å². The molecule has 0 aromatic rings. The molecule has 1 aliphatic rings. The van der Waals surface area contributed by atoms with Crippen LogP contribution in [0.25, 0.3) is 0 Å². The van der Waals surface area contributed by atoms with Crippen molar-refractivity contribution in [1.82, 2.24) is 20.0 Å². The van der Waals surface area contributed by atoms with Gasteiger partial charge in [0.05, 0.1) is 19.5 Å². The topological polar surface area (TPSA) is 112 Å². The number of esters is 2. The Hall–Kier alpha value is -1.75. The summed E-state index contributed by atoms with van der Waals surface area (Å²) in [6.45, 7) is 17.1. The number of ether oxygens (including phenoxy) is 2. The van der Waals surface area contributed by atoms with E-state index in [-0.39, 0.29) is 31.4 Å². The summed E-state index contributed by atoms with van der Waals surface area (Å²) in [6.07, 6.45) is 0.0414. The second-order valence-corrected chi connectivity index (χ2v) is 10.5. The van der Waals surface area contributed by atoms with Crippen LogP contribution in [-0.2, 0) is 23.9 Å². The lowest BCUT2D eigenvalue weighted by Gasteiger charge is -2.31. The molecular formula is C23H44N4O6. The fourth-order valence-corrected chi connectivity index (χ4v) is 3.41. The van der Waals surface area contributed by atoms with Crippen molar-refractivity contribution >= 4 is 17.9 Å². The van der Waals surface area contributed by atoms with Gasteiger partial charge in [-0.1, -0.05) is 0 Å². The van der Waals surface area contributed by atoms with Crippen molar-refractivity contribution in [2.24, 2.45) is 0 Å². The van der Waals surface area contributed by atoms with Gasteiger partial charge in [0.15, 0.2) is 0 Å². The van der Waals surface area contributed by atoms with Gasteiger partial charge in [-0.2, -0.15) is 0 Å². The average molecular weight is 473 g/mol. The molecule has 0 spiro atoms. The summed E-state index contributed by atoms with van der Waals surface area (Å²) in [6, 6.07) is 0. The van der Waals surface area contributed by atoms with E-state index in [1.54, 1.807) is 0 Å². The Morgan fingerprint density at radius 3 is 1.48 bits per heavy atom. The minimum atomic E-state index is -0.846. The largest absolute Gasteiger partial charge is 0.481 e. The number of nitrogens with zero attached hydrogens (tertiary/aromatic N) is 3. The van der Waals surface area contributed by atoms with E-state index in [2.05, 4.69) is 10.2 Å². The molecule has 2 N–H and O–H groups in total. The van der Waals surface area contributed by atoms with Gasteiger partial charge in [0.1, 0.15) is 11.2 Å². The molecule has 0 aliphatic carbocycles. The molecule has 1 rings (SSSR count). The minimum absolute atomic E-state index is 0.0414. The third kappa shape index (κ3) is 15.7.